The predicted molar refractivity (Wildman–Crippen MR) is 66.9 cm³/mol. The number of rotatable bonds is 4. The second-order valence-electron chi connectivity index (χ2n) is 2.77. The standard InChI is InChI=1S/C6H5Br.C6H14O2/c7-6-4-2-1-3-5-6;1-4-7-6(3)8-5-2/h1-5H;6H,4-5H2,1-3H3. The van der Waals surface area contributed by atoms with E-state index in [1.54, 1.807) is 0 Å². The van der Waals surface area contributed by atoms with Crippen molar-refractivity contribution in [1.82, 2.24) is 0 Å². The summed E-state index contributed by atoms with van der Waals surface area (Å²) in [6.07, 6.45) is -0.0370. The molecule has 0 atom stereocenters. The van der Waals surface area contributed by atoms with Gasteiger partial charge in [0.25, 0.3) is 0 Å². The zero-order valence-electron chi connectivity index (χ0n) is 9.57. The molecule has 0 aliphatic carbocycles. The molecule has 0 radical (unpaired) electrons. The molecule has 0 aliphatic rings. The molecule has 0 spiro atoms. The summed E-state index contributed by atoms with van der Waals surface area (Å²) < 4.78 is 11.3. The Morgan fingerprint density at radius 3 is 1.80 bits per heavy atom. The third kappa shape index (κ3) is 9.91. The van der Waals surface area contributed by atoms with Gasteiger partial charge in [0.2, 0.25) is 0 Å². The van der Waals surface area contributed by atoms with Crippen molar-refractivity contribution in [3.8, 4) is 0 Å². The molecular formula is C12H19BrO2. The Labute approximate surface area is 101 Å². The topological polar surface area (TPSA) is 18.5 Å². The minimum absolute atomic E-state index is 0.0370. The molecule has 1 aromatic carbocycles. The van der Waals surface area contributed by atoms with Crippen molar-refractivity contribution in [2.24, 2.45) is 0 Å². The quantitative estimate of drug-likeness (QED) is 0.777. The van der Waals surface area contributed by atoms with E-state index in [0.29, 0.717) is 0 Å². The highest BCUT2D eigenvalue weighted by molar-refractivity contribution is 9.10. The molecule has 15 heavy (non-hydrogen) atoms. The minimum Gasteiger partial charge on any atom is -0.353 e. The molecule has 0 saturated carbocycles. The van der Waals surface area contributed by atoms with Gasteiger partial charge in [0, 0.05) is 17.7 Å². The third-order valence-electron chi connectivity index (χ3n) is 1.54. The maximum Gasteiger partial charge on any atom is 0.154 e. The van der Waals surface area contributed by atoms with E-state index in [-0.39, 0.29) is 6.29 Å². The van der Waals surface area contributed by atoms with Crippen molar-refractivity contribution in [2.45, 2.75) is 27.1 Å². The normalized spacial score (nSPS) is 9.67. The Hall–Kier alpha value is -0.380. The average molecular weight is 275 g/mol. The van der Waals surface area contributed by atoms with Gasteiger partial charge in [-0.3, -0.25) is 0 Å². The van der Waals surface area contributed by atoms with Gasteiger partial charge in [-0.1, -0.05) is 34.1 Å². The molecule has 1 rings (SSSR count). The van der Waals surface area contributed by atoms with E-state index in [0.717, 1.165) is 17.7 Å². The fourth-order valence-electron chi connectivity index (χ4n) is 0.932. The summed E-state index contributed by atoms with van der Waals surface area (Å²) in [5.41, 5.74) is 0. The van der Waals surface area contributed by atoms with Gasteiger partial charge in [0.15, 0.2) is 6.29 Å². The molecular weight excluding hydrogens is 256 g/mol. The van der Waals surface area contributed by atoms with Crippen LogP contribution < -0.4 is 0 Å². The van der Waals surface area contributed by atoms with Crippen LogP contribution in [-0.4, -0.2) is 19.5 Å². The molecule has 2 nitrogen and oxygen atoms in total. The summed E-state index contributed by atoms with van der Waals surface area (Å²) >= 11 is 3.31. The lowest BCUT2D eigenvalue weighted by molar-refractivity contribution is -0.123. The smallest absolute Gasteiger partial charge is 0.154 e. The average Bonchev–Trinajstić information content (AvgIpc) is 2.20. The second-order valence-corrected chi connectivity index (χ2v) is 3.69. The van der Waals surface area contributed by atoms with Crippen LogP contribution in [0.15, 0.2) is 34.8 Å². The molecule has 0 saturated heterocycles. The van der Waals surface area contributed by atoms with Crippen LogP contribution in [0.4, 0.5) is 0 Å². The number of hydrogen-bond donors (Lipinski definition) is 0. The van der Waals surface area contributed by atoms with Gasteiger partial charge in [-0.2, -0.15) is 0 Å². The monoisotopic (exact) mass is 274 g/mol. The molecule has 1 aromatic rings. The first-order valence-corrected chi connectivity index (χ1v) is 5.93. The van der Waals surface area contributed by atoms with E-state index in [4.69, 9.17) is 9.47 Å². The van der Waals surface area contributed by atoms with Crippen LogP contribution in [0.25, 0.3) is 0 Å². The van der Waals surface area contributed by atoms with Crippen molar-refractivity contribution in [1.29, 1.82) is 0 Å². The number of ether oxygens (including phenoxy) is 2. The van der Waals surface area contributed by atoms with Crippen LogP contribution >= 0.6 is 15.9 Å². The molecule has 0 heterocycles. The molecule has 3 heteroatoms. The lowest BCUT2D eigenvalue weighted by Gasteiger charge is -2.09. The Bertz CT molecular complexity index is 220. The summed E-state index contributed by atoms with van der Waals surface area (Å²) in [5, 5.41) is 0. The number of benzene rings is 1. The van der Waals surface area contributed by atoms with E-state index in [2.05, 4.69) is 15.9 Å². The molecule has 0 unspecified atom stereocenters. The highest BCUT2D eigenvalue weighted by Crippen LogP contribution is 2.05. The van der Waals surface area contributed by atoms with Crippen LogP contribution in [0.2, 0.25) is 0 Å². The Kier molecular flexibility index (Phi) is 9.89. The maximum atomic E-state index is 5.06. The van der Waals surface area contributed by atoms with E-state index in [1.165, 1.54) is 0 Å². The van der Waals surface area contributed by atoms with Gasteiger partial charge < -0.3 is 9.47 Å². The van der Waals surface area contributed by atoms with E-state index >= 15 is 0 Å². The van der Waals surface area contributed by atoms with Gasteiger partial charge in [0.1, 0.15) is 0 Å². The van der Waals surface area contributed by atoms with Gasteiger partial charge >= 0.3 is 0 Å². The fraction of sp³-hybridized carbons (Fsp3) is 0.500. The first kappa shape index (κ1) is 14.6. The van der Waals surface area contributed by atoms with Crippen LogP contribution in [0.1, 0.15) is 20.8 Å². The summed E-state index contributed by atoms with van der Waals surface area (Å²) in [5.74, 6) is 0. The Morgan fingerprint density at radius 2 is 1.53 bits per heavy atom. The van der Waals surface area contributed by atoms with Crippen molar-refractivity contribution in [3.05, 3.63) is 34.8 Å². The van der Waals surface area contributed by atoms with Gasteiger partial charge in [-0.25, -0.2) is 0 Å². The van der Waals surface area contributed by atoms with E-state index in [9.17, 15) is 0 Å². The lowest BCUT2D eigenvalue weighted by atomic mass is 10.4. The Balaban J connectivity index is 0.000000262. The largest absolute Gasteiger partial charge is 0.353 e. The SMILES string of the molecule is Brc1ccccc1.CCOC(C)OCC. The van der Waals surface area contributed by atoms with Gasteiger partial charge in [0.05, 0.1) is 0 Å². The van der Waals surface area contributed by atoms with Gasteiger partial charge in [-0.15, -0.1) is 0 Å². The second kappa shape index (κ2) is 10.1. The zero-order chi connectivity index (χ0) is 11.5. The molecule has 0 bridgehead atoms. The summed E-state index contributed by atoms with van der Waals surface area (Å²) in [7, 11) is 0. The number of halogens is 1. The zero-order valence-corrected chi connectivity index (χ0v) is 11.2. The van der Waals surface area contributed by atoms with Crippen molar-refractivity contribution in [3.63, 3.8) is 0 Å². The van der Waals surface area contributed by atoms with E-state index < -0.39 is 0 Å². The van der Waals surface area contributed by atoms with Crippen LogP contribution in [-0.2, 0) is 9.47 Å². The van der Waals surface area contributed by atoms with Crippen molar-refractivity contribution < 1.29 is 9.47 Å². The number of hydrogen-bond acceptors (Lipinski definition) is 2. The van der Waals surface area contributed by atoms with Crippen molar-refractivity contribution in [2.75, 3.05) is 13.2 Å². The fourth-order valence-corrected chi connectivity index (χ4v) is 1.24. The van der Waals surface area contributed by atoms with Crippen LogP contribution in [0, 0.1) is 0 Å². The first-order chi connectivity index (χ1) is 7.20. The van der Waals surface area contributed by atoms with Crippen LogP contribution in [0.3, 0.4) is 0 Å². The minimum atomic E-state index is -0.0370. The Morgan fingerprint density at radius 1 is 1.07 bits per heavy atom. The third-order valence-corrected chi connectivity index (χ3v) is 2.06. The van der Waals surface area contributed by atoms with Crippen LogP contribution in [0.5, 0.6) is 0 Å². The maximum absolute atomic E-state index is 5.06. The summed E-state index contributed by atoms with van der Waals surface area (Å²) in [4.78, 5) is 0. The van der Waals surface area contributed by atoms with E-state index in [1.807, 2.05) is 51.1 Å². The highest BCUT2D eigenvalue weighted by atomic mass is 79.9. The molecule has 0 N–H and O–H groups in total. The molecule has 0 aromatic heterocycles. The predicted octanol–water partition coefficient (Wildman–Crippen LogP) is 3.85. The van der Waals surface area contributed by atoms with Crippen molar-refractivity contribution >= 4 is 15.9 Å². The first-order valence-electron chi connectivity index (χ1n) is 5.14. The molecule has 0 aliphatic heterocycles. The lowest BCUT2D eigenvalue weighted by Crippen LogP contribution is -2.11. The summed E-state index contributed by atoms with van der Waals surface area (Å²) in [6, 6.07) is 9.97. The molecule has 86 valence electrons. The highest BCUT2D eigenvalue weighted by Gasteiger charge is 1.94. The summed E-state index contributed by atoms with van der Waals surface area (Å²) in [6.45, 7) is 7.25. The molecule has 0 fully saturated rings. The molecule has 0 amide bonds. The van der Waals surface area contributed by atoms with Gasteiger partial charge in [-0.05, 0) is 32.9 Å².